The summed E-state index contributed by atoms with van der Waals surface area (Å²) in [5.41, 5.74) is 0.633. The molecule has 6 nitrogen and oxygen atoms in total. The van der Waals surface area contributed by atoms with Crippen LogP contribution < -0.4 is 19.5 Å². The first-order valence-corrected chi connectivity index (χ1v) is 7.93. The lowest BCUT2D eigenvalue weighted by molar-refractivity contribution is -0.118. The number of likely N-dealkylation sites (tertiary alicyclic amines) is 1. The van der Waals surface area contributed by atoms with Gasteiger partial charge in [-0.15, -0.1) is 0 Å². The highest BCUT2D eigenvalue weighted by molar-refractivity contribution is 5.93. The molecule has 1 unspecified atom stereocenters. The van der Waals surface area contributed by atoms with Gasteiger partial charge in [0.05, 0.1) is 27.9 Å². The number of hydrogen-bond acceptors (Lipinski definition) is 5. The Labute approximate surface area is 137 Å². The number of rotatable bonds is 6. The smallest absolute Gasteiger partial charge is 0.238 e. The van der Waals surface area contributed by atoms with Gasteiger partial charge in [0.2, 0.25) is 11.7 Å². The van der Waals surface area contributed by atoms with E-state index in [9.17, 15) is 4.79 Å². The van der Waals surface area contributed by atoms with Crippen molar-refractivity contribution in [2.75, 3.05) is 39.7 Å². The van der Waals surface area contributed by atoms with Crippen molar-refractivity contribution in [1.29, 1.82) is 0 Å². The Morgan fingerprint density at radius 3 is 2.35 bits per heavy atom. The van der Waals surface area contributed by atoms with Crippen LogP contribution in [0.5, 0.6) is 17.2 Å². The zero-order valence-electron chi connectivity index (χ0n) is 14.3. The van der Waals surface area contributed by atoms with Crippen molar-refractivity contribution in [2.24, 2.45) is 0 Å². The number of piperidine rings is 1. The number of benzene rings is 1. The van der Waals surface area contributed by atoms with Gasteiger partial charge in [0, 0.05) is 23.9 Å². The van der Waals surface area contributed by atoms with Crippen LogP contribution in [0.15, 0.2) is 12.1 Å². The fourth-order valence-electron chi connectivity index (χ4n) is 2.93. The number of carbonyl (C=O) groups excluding carboxylic acids is 1. The third kappa shape index (κ3) is 4.28. The van der Waals surface area contributed by atoms with Crippen molar-refractivity contribution in [3.05, 3.63) is 12.1 Å². The van der Waals surface area contributed by atoms with Crippen LogP contribution in [0, 0.1) is 0 Å². The molecule has 0 spiro atoms. The molecule has 1 aromatic rings. The number of nitrogens with one attached hydrogen (secondary N) is 1. The molecule has 0 saturated carbocycles. The van der Waals surface area contributed by atoms with E-state index in [4.69, 9.17) is 14.2 Å². The number of nitrogens with zero attached hydrogens (tertiary/aromatic N) is 1. The first-order valence-electron chi connectivity index (χ1n) is 7.93. The molecule has 23 heavy (non-hydrogen) atoms. The summed E-state index contributed by atoms with van der Waals surface area (Å²) >= 11 is 0. The quantitative estimate of drug-likeness (QED) is 0.872. The lowest BCUT2D eigenvalue weighted by Gasteiger charge is -2.32. The van der Waals surface area contributed by atoms with Crippen LogP contribution in [0.4, 0.5) is 5.69 Å². The van der Waals surface area contributed by atoms with Crippen molar-refractivity contribution in [3.8, 4) is 17.2 Å². The van der Waals surface area contributed by atoms with Gasteiger partial charge in [-0.2, -0.15) is 0 Å². The minimum atomic E-state index is -0.0342. The Morgan fingerprint density at radius 1 is 1.17 bits per heavy atom. The maximum Gasteiger partial charge on any atom is 0.238 e. The summed E-state index contributed by atoms with van der Waals surface area (Å²) in [6.07, 6.45) is 3.55. The van der Waals surface area contributed by atoms with Crippen LogP contribution >= 0.6 is 0 Å². The third-order valence-electron chi connectivity index (χ3n) is 4.24. The third-order valence-corrected chi connectivity index (χ3v) is 4.24. The summed E-state index contributed by atoms with van der Waals surface area (Å²) in [4.78, 5) is 14.5. The topological polar surface area (TPSA) is 60.0 Å². The summed E-state index contributed by atoms with van der Waals surface area (Å²) in [6.45, 7) is 3.55. The van der Waals surface area contributed by atoms with Gasteiger partial charge in [-0.1, -0.05) is 6.42 Å². The van der Waals surface area contributed by atoms with E-state index in [1.807, 2.05) is 0 Å². The Kier molecular flexibility index (Phi) is 6.10. The van der Waals surface area contributed by atoms with Gasteiger partial charge in [-0.05, 0) is 26.3 Å². The summed E-state index contributed by atoms with van der Waals surface area (Å²) in [5.74, 6) is 1.52. The molecular formula is C17H26N2O4. The summed E-state index contributed by atoms with van der Waals surface area (Å²) in [6, 6.07) is 3.92. The second kappa shape index (κ2) is 8.06. The van der Waals surface area contributed by atoms with Gasteiger partial charge >= 0.3 is 0 Å². The normalized spacial score (nSPS) is 18.3. The number of hydrogen-bond donors (Lipinski definition) is 1. The number of anilines is 1. The van der Waals surface area contributed by atoms with E-state index in [1.54, 1.807) is 33.5 Å². The molecule has 6 heteroatoms. The van der Waals surface area contributed by atoms with Gasteiger partial charge in [-0.3, -0.25) is 9.69 Å². The SMILES string of the molecule is COc1cc(NC(=O)CN2CCCCC2C)cc(OC)c1OC. The largest absolute Gasteiger partial charge is 0.493 e. The summed E-state index contributed by atoms with van der Waals surface area (Å²) in [7, 11) is 4.66. The highest BCUT2D eigenvalue weighted by Crippen LogP contribution is 2.39. The minimum Gasteiger partial charge on any atom is -0.493 e. The molecule has 0 radical (unpaired) electrons. The van der Waals surface area contributed by atoms with Crippen LogP contribution in [-0.4, -0.2) is 51.3 Å². The average molecular weight is 322 g/mol. The standard InChI is InChI=1S/C17H26N2O4/c1-12-7-5-6-8-19(12)11-16(20)18-13-9-14(21-2)17(23-4)15(10-13)22-3/h9-10,12H,5-8,11H2,1-4H3,(H,18,20). The van der Waals surface area contributed by atoms with Crippen LogP contribution in [-0.2, 0) is 4.79 Å². The van der Waals surface area contributed by atoms with E-state index in [0.717, 1.165) is 19.4 Å². The van der Waals surface area contributed by atoms with Gasteiger partial charge in [-0.25, -0.2) is 0 Å². The molecule has 128 valence electrons. The molecule has 1 fully saturated rings. The zero-order chi connectivity index (χ0) is 16.8. The predicted octanol–water partition coefficient (Wildman–Crippen LogP) is 2.53. The molecule has 1 saturated heterocycles. The van der Waals surface area contributed by atoms with Crippen LogP contribution in [0.2, 0.25) is 0 Å². The molecule has 1 atom stereocenters. The van der Waals surface area contributed by atoms with Crippen molar-refractivity contribution in [3.63, 3.8) is 0 Å². The maximum absolute atomic E-state index is 12.3. The first-order chi connectivity index (χ1) is 11.1. The Balaban J connectivity index is 2.08. The molecule has 1 aromatic carbocycles. The molecule has 0 aromatic heterocycles. The summed E-state index contributed by atoms with van der Waals surface area (Å²) < 4.78 is 15.9. The van der Waals surface area contributed by atoms with Crippen molar-refractivity contribution < 1.29 is 19.0 Å². The van der Waals surface area contributed by atoms with Crippen LogP contribution in [0.3, 0.4) is 0 Å². The Morgan fingerprint density at radius 2 is 1.83 bits per heavy atom. The van der Waals surface area contributed by atoms with E-state index < -0.39 is 0 Å². The number of amides is 1. The average Bonchev–Trinajstić information content (AvgIpc) is 2.55. The van der Waals surface area contributed by atoms with E-state index >= 15 is 0 Å². The maximum atomic E-state index is 12.3. The van der Waals surface area contributed by atoms with Crippen molar-refractivity contribution in [1.82, 2.24) is 4.90 Å². The van der Waals surface area contributed by atoms with Crippen LogP contribution in [0.1, 0.15) is 26.2 Å². The molecule has 2 rings (SSSR count). The highest BCUT2D eigenvalue weighted by Gasteiger charge is 2.21. The molecule has 0 bridgehead atoms. The molecular weight excluding hydrogens is 296 g/mol. The van der Waals surface area contributed by atoms with E-state index in [0.29, 0.717) is 35.5 Å². The Bertz CT molecular complexity index is 522. The van der Waals surface area contributed by atoms with Crippen molar-refractivity contribution in [2.45, 2.75) is 32.2 Å². The predicted molar refractivity (Wildman–Crippen MR) is 89.6 cm³/mol. The van der Waals surface area contributed by atoms with Crippen molar-refractivity contribution >= 4 is 11.6 Å². The fraction of sp³-hybridized carbons (Fsp3) is 0.588. The first kappa shape index (κ1) is 17.4. The number of methoxy groups -OCH3 is 3. The monoisotopic (exact) mass is 322 g/mol. The van der Waals surface area contributed by atoms with E-state index in [-0.39, 0.29) is 5.91 Å². The lowest BCUT2D eigenvalue weighted by Crippen LogP contribution is -2.42. The second-order valence-corrected chi connectivity index (χ2v) is 5.78. The van der Waals surface area contributed by atoms with Gasteiger partial charge in [0.25, 0.3) is 0 Å². The summed E-state index contributed by atoms with van der Waals surface area (Å²) in [5, 5.41) is 2.91. The molecule has 1 aliphatic rings. The minimum absolute atomic E-state index is 0.0342. The second-order valence-electron chi connectivity index (χ2n) is 5.78. The molecule has 1 amide bonds. The van der Waals surface area contributed by atoms with E-state index in [1.165, 1.54) is 6.42 Å². The van der Waals surface area contributed by atoms with Gasteiger partial charge in [0.1, 0.15) is 0 Å². The molecule has 1 N–H and O–H groups in total. The highest BCUT2D eigenvalue weighted by atomic mass is 16.5. The molecule has 0 aliphatic carbocycles. The number of ether oxygens (including phenoxy) is 3. The van der Waals surface area contributed by atoms with Gasteiger partial charge in [0.15, 0.2) is 11.5 Å². The number of carbonyl (C=O) groups is 1. The zero-order valence-corrected chi connectivity index (χ0v) is 14.3. The lowest BCUT2D eigenvalue weighted by atomic mass is 10.0. The molecule has 1 aliphatic heterocycles. The Hall–Kier alpha value is -1.95. The van der Waals surface area contributed by atoms with Crippen LogP contribution in [0.25, 0.3) is 0 Å². The molecule has 1 heterocycles. The van der Waals surface area contributed by atoms with Gasteiger partial charge < -0.3 is 19.5 Å². The van der Waals surface area contributed by atoms with E-state index in [2.05, 4.69) is 17.1 Å². The fourth-order valence-corrected chi connectivity index (χ4v) is 2.93.